The summed E-state index contributed by atoms with van der Waals surface area (Å²) in [6, 6.07) is 2.80. The molecule has 1 rings (SSSR count). The van der Waals surface area contributed by atoms with Gasteiger partial charge in [0.05, 0.1) is 0 Å². The molecule has 0 heterocycles. The summed E-state index contributed by atoms with van der Waals surface area (Å²) in [7, 11) is 0. The minimum atomic E-state index is -0.961. The number of halogens is 3. The summed E-state index contributed by atoms with van der Waals surface area (Å²) in [6.07, 6.45) is -0.961. The SMILES string of the molecule is C[C@@H](Oc1ccc(F)cc1F)C(=O)Cl. The predicted molar refractivity (Wildman–Crippen MR) is 47.3 cm³/mol. The van der Waals surface area contributed by atoms with Gasteiger partial charge >= 0.3 is 0 Å². The van der Waals surface area contributed by atoms with Gasteiger partial charge in [-0.05, 0) is 30.7 Å². The van der Waals surface area contributed by atoms with E-state index in [1.54, 1.807) is 0 Å². The summed E-state index contributed by atoms with van der Waals surface area (Å²) in [5.74, 6) is -1.78. The van der Waals surface area contributed by atoms with Gasteiger partial charge in [-0.3, -0.25) is 4.79 Å². The Bertz CT molecular complexity index is 355. The summed E-state index contributed by atoms with van der Waals surface area (Å²) in [6.45, 7) is 1.37. The molecule has 0 fully saturated rings. The second kappa shape index (κ2) is 4.37. The highest BCUT2D eigenvalue weighted by Crippen LogP contribution is 2.19. The number of benzene rings is 1. The van der Waals surface area contributed by atoms with Gasteiger partial charge in [-0.1, -0.05) is 0 Å². The van der Waals surface area contributed by atoms with Crippen molar-refractivity contribution in [2.45, 2.75) is 13.0 Å². The molecule has 0 bridgehead atoms. The van der Waals surface area contributed by atoms with Crippen LogP contribution in [0, 0.1) is 11.6 Å². The van der Waals surface area contributed by atoms with Crippen LogP contribution in [0.1, 0.15) is 6.92 Å². The van der Waals surface area contributed by atoms with Crippen LogP contribution >= 0.6 is 11.6 Å². The Hall–Kier alpha value is -1.16. The van der Waals surface area contributed by atoms with E-state index >= 15 is 0 Å². The summed E-state index contributed by atoms with van der Waals surface area (Å²) in [5, 5.41) is -0.742. The number of carbonyl (C=O) groups is 1. The van der Waals surface area contributed by atoms with Gasteiger partial charge in [0.15, 0.2) is 17.7 Å². The highest BCUT2D eigenvalue weighted by Gasteiger charge is 2.14. The first-order valence-corrected chi connectivity index (χ1v) is 4.19. The maximum Gasteiger partial charge on any atom is 0.262 e. The lowest BCUT2D eigenvalue weighted by Crippen LogP contribution is -2.19. The third-order valence-corrected chi connectivity index (χ3v) is 1.82. The van der Waals surface area contributed by atoms with Crippen molar-refractivity contribution >= 4 is 16.8 Å². The molecule has 0 unspecified atom stereocenters. The van der Waals surface area contributed by atoms with E-state index in [9.17, 15) is 13.6 Å². The average molecular weight is 221 g/mol. The molecule has 5 heteroatoms. The van der Waals surface area contributed by atoms with Crippen molar-refractivity contribution in [3.63, 3.8) is 0 Å². The van der Waals surface area contributed by atoms with Crippen molar-refractivity contribution in [1.82, 2.24) is 0 Å². The lowest BCUT2D eigenvalue weighted by atomic mass is 10.3. The van der Waals surface area contributed by atoms with Crippen LogP contribution in [0.25, 0.3) is 0 Å². The minimum absolute atomic E-state index is 0.201. The van der Waals surface area contributed by atoms with E-state index in [4.69, 9.17) is 16.3 Å². The van der Waals surface area contributed by atoms with Gasteiger partial charge in [-0.2, -0.15) is 0 Å². The predicted octanol–water partition coefficient (Wildman–Crippen LogP) is 2.50. The van der Waals surface area contributed by atoms with Crippen molar-refractivity contribution < 1.29 is 18.3 Å². The summed E-state index contributed by atoms with van der Waals surface area (Å²) < 4.78 is 30.2. The molecular formula is C9H7ClF2O2. The molecular weight excluding hydrogens is 214 g/mol. The molecule has 2 nitrogen and oxygen atoms in total. The molecule has 0 N–H and O–H groups in total. The van der Waals surface area contributed by atoms with Gasteiger partial charge < -0.3 is 4.74 Å². The molecule has 0 spiro atoms. The number of rotatable bonds is 3. The monoisotopic (exact) mass is 220 g/mol. The molecule has 0 amide bonds. The lowest BCUT2D eigenvalue weighted by molar-refractivity contribution is -0.117. The van der Waals surface area contributed by atoms with E-state index in [0.717, 1.165) is 12.1 Å². The highest BCUT2D eigenvalue weighted by atomic mass is 35.5. The van der Waals surface area contributed by atoms with Crippen molar-refractivity contribution in [2.24, 2.45) is 0 Å². The highest BCUT2D eigenvalue weighted by molar-refractivity contribution is 6.64. The Labute approximate surface area is 84.4 Å². The van der Waals surface area contributed by atoms with Gasteiger partial charge in [-0.15, -0.1) is 0 Å². The van der Waals surface area contributed by atoms with Crippen molar-refractivity contribution in [2.75, 3.05) is 0 Å². The van der Waals surface area contributed by atoms with Gasteiger partial charge in [0.2, 0.25) is 0 Å². The van der Waals surface area contributed by atoms with Crippen LogP contribution in [0.3, 0.4) is 0 Å². The summed E-state index contributed by atoms with van der Waals surface area (Å²) >= 11 is 5.10. The number of ether oxygens (including phenoxy) is 1. The molecule has 1 atom stereocenters. The average Bonchev–Trinajstić information content (AvgIpc) is 2.09. The minimum Gasteiger partial charge on any atom is -0.478 e. The van der Waals surface area contributed by atoms with Crippen LogP contribution in [-0.4, -0.2) is 11.3 Å². The molecule has 14 heavy (non-hydrogen) atoms. The topological polar surface area (TPSA) is 26.3 Å². The van der Waals surface area contributed by atoms with E-state index < -0.39 is 23.0 Å². The van der Waals surface area contributed by atoms with Crippen molar-refractivity contribution in [3.8, 4) is 5.75 Å². The van der Waals surface area contributed by atoms with E-state index in [-0.39, 0.29) is 5.75 Å². The van der Waals surface area contributed by atoms with Gasteiger partial charge in [0, 0.05) is 6.07 Å². The molecule has 0 aliphatic heterocycles. The second-order valence-electron chi connectivity index (χ2n) is 2.64. The fraction of sp³-hybridized carbons (Fsp3) is 0.222. The maximum absolute atomic E-state index is 13.0. The van der Waals surface area contributed by atoms with Crippen molar-refractivity contribution in [3.05, 3.63) is 29.8 Å². The molecule has 0 aliphatic rings. The van der Waals surface area contributed by atoms with E-state index in [0.29, 0.717) is 6.07 Å². The Balaban J connectivity index is 2.82. The smallest absolute Gasteiger partial charge is 0.262 e. The van der Waals surface area contributed by atoms with Gasteiger partial charge in [-0.25, -0.2) is 8.78 Å². The number of hydrogen-bond donors (Lipinski definition) is 0. The fourth-order valence-corrected chi connectivity index (χ4v) is 0.852. The zero-order chi connectivity index (χ0) is 10.7. The molecule has 0 radical (unpaired) electrons. The van der Waals surface area contributed by atoms with E-state index in [1.807, 2.05) is 0 Å². The molecule has 0 aliphatic carbocycles. The zero-order valence-corrected chi connectivity index (χ0v) is 8.02. The first kappa shape index (κ1) is 10.9. The first-order valence-electron chi connectivity index (χ1n) is 3.81. The number of hydrogen-bond acceptors (Lipinski definition) is 2. The maximum atomic E-state index is 13.0. The first-order chi connectivity index (χ1) is 6.50. The lowest BCUT2D eigenvalue weighted by Gasteiger charge is -2.10. The van der Waals surface area contributed by atoms with Crippen LogP contribution in [0.4, 0.5) is 8.78 Å². The third-order valence-electron chi connectivity index (χ3n) is 1.52. The molecule has 0 saturated carbocycles. The summed E-state index contributed by atoms with van der Waals surface area (Å²) in [5.41, 5.74) is 0. The molecule has 1 aromatic carbocycles. The van der Waals surface area contributed by atoms with Gasteiger partial charge in [0.1, 0.15) is 5.82 Å². The van der Waals surface area contributed by atoms with Crippen LogP contribution in [0.5, 0.6) is 5.75 Å². The second-order valence-corrected chi connectivity index (χ2v) is 3.01. The van der Waals surface area contributed by atoms with Gasteiger partial charge in [0.25, 0.3) is 5.24 Å². The van der Waals surface area contributed by atoms with Crippen LogP contribution in [0.2, 0.25) is 0 Å². The van der Waals surface area contributed by atoms with E-state index in [2.05, 4.69) is 0 Å². The van der Waals surface area contributed by atoms with Crippen LogP contribution in [0.15, 0.2) is 18.2 Å². The molecule has 0 aromatic heterocycles. The third kappa shape index (κ3) is 2.67. The molecule has 1 aromatic rings. The largest absolute Gasteiger partial charge is 0.478 e. The number of carbonyl (C=O) groups excluding carboxylic acids is 1. The normalized spacial score (nSPS) is 12.3. The standard InChI is InChI=1S/C9H7ClF2O2/c1-5(9(10)13)14-8-3-2-6(11)4-7(8)12/h2-5H,1H3/t5-/m1/s1. The Morgan fingerprint density at radius 2 is 2.14 bits per heavy atom. The Morgan fingerprint density at radius 1 is 1.50 bits per heavy atom. The van der Waals surface area contributed by atoms with E-state index in [1.165, 1.54) is 6.92 Å². The van der Waals surface area contributed by atoms with Crippen LogP contribution < -0.4 is 4.74 Å². The zero-order valence-electron chi connectivity index (χ0n) is 7.26. The Morgan fingerprint density at radius 3 is 2.64 bits per heavy atom. The Kier molecular flexibility index (Phi) is 3.41. The molecule has 0 saturated heterocycles. The summed E-state index contributed by atoms with van der Waals surface area (Å²) in [4.78, 5) is 10.6. The van der Waals surface area contributed by atoms with Crippen LogP contribution in [-0.2, 0) is 4.79 Å². The quantitative estimate of drug-likeness (QED) is 0.732. The fourth-order valence-electron chi connectivity index (χ4n) is 0.808. The van der Waals surface area contributed by atoms with Crippen molar-refractivity contribution in [1.29, 1.82) is 0 Å². The molecule has 76 valence electrons.